The molecule has 0 saturated carbocycles. The molecule has 1 amide bonds. The van der Waals surface area contributed by atoms with Gasteiger partial charge in [0.2, 0.25) is 5.91 Å². The Bertz CT molecular complexity index is 1310. The smallest absolute Gasteiger partial charge is 0.246 e. The lowest BCUT2D eigenvalue weighted by Crippen LogP contribution is -2.45. The number of ether oxygens (including phenoxy) is 2. The molecule has 4 rings (SSSR count). The molecule has 1 aliphatic heterocycles. The zero-order valence-corrected chi connectivity index (χ0v) is 22.9. The third-order valence-corrected chi connectivity index (χ3v) is 7.54. The van der Waals surface area contributed by atoms with Gasteiger partial charge in [0.1, 0.15) is 6.07 Å². The number of hydrogen-bond acceptors (Lipinski definition) is 8. The number of nitrogen functional groups attached to an aromatic ring is 1. The zero-order valence-electron chi connectivity index (χ0n) is 22.2. The molecule has 1 aliphatic carbocycles. The molecule has 3 atom stereocenters. The first kappa shape index (κ1) is 28.4. The van der Waals surface area contributed by atoms with Crippen LogP contribution in [-0.2, 0) is 4.79 Å². The van der Waals surface area contributed by atoms with Crippen molar-refractivity contribution in [2.75, 3.05) is 39.6 Å². The van der Waals surface area contributed by atoms with Crippen LogP contribution in [-0.4, -0.2) is 55.6 Å². The molecule has 39 heavy (non-hydrogen) atoms. The number of benzene rings is 2. The van der Waals surface area contributed by atoms with Crippen molar-refractivity contribution in [1.82, 2.24) is 10.3 Å². The number of nitrogens with zero attached hydrogens (tertiary/aromatic N) is 3. The Balaban J connectivity index is 1.35. The summed E-state index contributed by atoms with van der Waals surface area (Å²) in [4.78, 5) is 13.3. The van der Waals surface area contributed by atoms with Crippen molar-refractivity contribution in [3.8, 4) is 17.6 Å². The Morgan fingerprint density at radius 3 is 2.64 bits per heavy atom. The fourth-order valence-electron chi connectivity index (χ4n) is 5.05. The number of amides is 1. The van der Waals surface area contributed by atoms with Crippen LogP contribution in [0.25, 0.3) is 0 Å². The van der Waals surface area contributed by atoms with E-state index < -0.39 is 6.10 Å². The van der Waals surface area contributed by atoms with Crippen LogP contribution in [0.3, 0.4) is 0 Å². The van der Waals surface area contributed by atoms with E-state index in [1.807, 2.05) is 24.3 Å². The number of allylic oxidation sites excluding steroid dienone is 2. The van der Waals surface area contributed by atoms with Crippen LogP contribution in [0.15, 0.2) is 47.6 Å². The highest BCUT2D eigenvalue weighted by Crippen LogP contribution is 2.37. The molecular weight excluding hydrogens is 518 g/mol. The number of fused-ring (bicyclic) bond motifs is 1. The molecule has 0 fully saturated rings. The van der Waals surface area contributed by atoms with Gasteiger partial charge in [-0.1, -0.05) is 23.8 Å². The first-order valence-electron chi connectivity index (χ1n) is 13.0. The van der Waals surface area contributed by atoms with Gasteiger partial charge >= 0.3 is 0 Å². The highest BCUT2D eigenvalue weighted by atomic mass is 35.5. The number of hydrogen-bond donors (Lipinski definition) is 3. The number of carbonyl (C=O) groups excluding carboxylic acids is 1. The van der Waals surface area contributed by atoms with E-state index >= 15 is 0 Å². The fourth-order valence-corrected chi connectivity index (χ4v) is 5.28. The second-order valence-electron chi connectivity index (χ2n) is 9.67. The molecule has 0 spiro atoms. The van der Waals surface area contributed by atoms with Crippen LogP contribution in [0.4, 0.5) is 5.69 Å². The topological polar surface area (TPSA) is 133 Å². The van der Waals surface area contributed by atoms with Crippen LogP contribution in [0.1, 0.15) is 48.5 Å². The minimum atomic E-state index is -0.830. The molecule has 1 unspecified atom stereocenters. The Morgan fingerprint density at radius 1 is 1.18 bits per heavy atom. The van der Waals surface area contributed by atoms with Gasteiger partial charge in [-0.05, 0) is 68.1 Å². The zero-order chi connectivity index (χ0) is 27.9. The molecule has 0 bridgehead atoms. The largest absolute Gasteiger partial charge is 0.493 e. The molecule has 2 aromatic rings. The maximum absolute atomic E-state index is 13.3. The number of aliphatic hydroxyl groups excluding tert-OH is 1. The normalized spacial score (nSPS) is 19.2. The number of nitrogens with two attached hydrogens (primary N) is 1. The Labute approximate surface area is 233 Å². The first-order valence-corrected chi connectivity index (χ1v) is 13.4. The summed E-state index contributed by atoms with van der Waals surface area (Å²) in [5, 5.41) is 29.6. The summed E-state index contributed by atoms with van der Waals surface area (Å²) in [6.07, 6.45) is 6.39. The number of hydrazone groups is 1. The van der Waals surface area contributed by atoms with Crippen molar-refractivity contribution in [3.05, 3.63) is 64.2 Å². The minimum Gasteiger partial charge on any atom is -0.493 e. The van der Waals surface area contributed by atoms with Gasteiger partial charge in [-0.2, -0.15) is 10.4 Å². The van der Waals surface area contributed by atoms with Crippen molar-refractivity contribution in [2.45, 2.75) is 31.8 Å². The van der Waals surface area contributed by atoms with Gasteiger partial charge in [-0.15, -0.1) is 0 Å². The van der Waals surface area contributed by atoms with Crippen molar-refractivity contribution < 1.29 is 19.4 Å². The summed E-state index contributed by atoms with van der Waals surface area (Å²) in [6, 6.07) is 10.9. The van der Waals surface area contributed by atoms with Crippen LogP contribution in [0.2, 0.25) is 5.02 Å². The highest BCUT2D eigenvalue weighted by molar-refractivity contribution is 6.33. The van der Waals surface area contributed by atoms with E-state index in [1.54, 1.807) is 31.4 Å². The van der Waals surface area contributed by atoms with E-state index in [2.05, 4.69) is 17.5 Å². The summed E-state index contributed by atoms with van der Waals surface area (Å²) in [7, 11) is 3.21. The van der Waals surface area contributed by atoms with E-state index in [-0.39, 0.29) is 34.0 Å². The Morgan fingerprint density at radius 2 is 1.92 bits per heavy atom. The minimum absolute atomic E-state index is 0.0309. The van der Waals surface area contributed by atoms with Crippen LogP contribution < -0.4 is 20.5 Å². The fraction of sp³-hybridized carbons (Fsp3) is 0.414. The summed E-state index contributed by atoms with van der Waals surface area (Å²) < 4.78 is 10.9. The quantitative estimate of drug-likeness (QED) is 0.218. The van der Waals surface area contributed by atoms with Crippen molar-refractivity contribution in [1.29, 1.82) is 5.26 Å². The van der Waals surface area contributed by atoms with Crippen molar-refractivity contribution in [3.63, 3.8) is 0 Å². The number of anilines is 1. The van der Waals surface area contributed by atoms with Gasteiger partial charge in [0, 0.05) is 24.6 Å². The van der Waals surface area contributed by atoms with Crippen molar-refractivity contribution >= 4 is 28.9 Å². The summed E-state index contributed by atoms with van der Waals surface area (Å²) in [6.45, 7) is 1.45. The average Bonchev–Trinajstić information content (AvgIpc) is 2.96. The molecule has 0 aromatic heterocycles. The van der Waals surface area contributed by atoms with E-state index in [0.717, 1.165) is 30.5 Å². The third-order valence-electron chi connectivity index (χ3n) is 7.23. The predicted octanol–water partition coefficient (Wildman–Crippen LogP) is 4.04. The second-order valence-corrected chi connectivity index (χ2v) is 10.1. The number of nitrogens with one attached hydrogen (secondary N) is 1. The molecule has 0 saturated heterocycles. The van der Waals surface area contributed by atoms with Gasteiger partial charge < -0.3 is 25.6 Å². The number of halogens is 1. The van der Waals surface area contributed by atoms with E-state index in [1.165, 1.54) is 0 Å². The maximum atomic E-state index is 13.3. The molecule has 1 heterocycles. The number of aliphatic hydroxyl groups is 1. The lowest BCUT2D eigenvalue weighted by Gasteiger charge is -2.37. The maximum Gasteiger partial charge on any atom is 0.246 e. The van der Waals surface area contributed by atoms with E-state index in [0.29, 0.717) is 43.1 Å². The first-order chi connectivity index (χ1) is 18.9. The predicted molar refractivity (Wildman–Crippen MR) is 151 cm³/mol. The number of rotatable bonds is 11. The van der Waals surface area contributed by atoms with E-state index in [4.69, 9.17) is 31.9 Å². The Kier molecular flexibility index (Phi) is 9.46. The Hall–Kier alpha value is -3.58. The number of methoxy groups -OCH3 is 2. The third kappa shape index (κ3) is 6.36. The van der Waals surface area contributed by atoms with Gasteiger partial charge in [0.15, 0.2) is 11.5 Å². The molecule has 10 heteroatoms. The van der Waals surface area contributed by atoms with Gasteiger partial charge in [-0.3, -0.25) is 4.79 Å². The van der Waals surface area contributed by atoms with Crippen LogP contribution in [0.5, 0.6) is 11.5 Å². The standard InChI is InChI=1S/C29H34ClN5O4/c1-38-25-10-9-18(15-26(25)39-2)28-21-7-3-4-8-22(21)29(37)35(34-28)12-6-5-11-33-17-24(36)19-13-20(16-31)27(32)23(30)14-19/h3-4,9-10,13-15,21-22,24,33,36H,5-8,11-12,17,32H2,1-2H3/t21-,22+,24?/m0/s1. The lowest BCUT2D eigenvalue weighted by atomic mass is 9.76. The molecule has 9 nitrogen and oxygen atoms in total. The summed E-state index contributed by atoms with van der Waals surface area (Å²) in [5.74, 6) is 1.23. The highest BCUT2D eigenvalue weighted by Gasteiger charge is 2.40. The summed E-state index contributed by atoms with van der Waals surface area (Å²) >= 11 is 6.08. The lowest BCUT2D eigenvalue weighted by molar-refractivity contribution is -0.137. The molecule has 0 radical (unpaired) electrons. The number of carbonyl (C=O) groups is 1. The average molecular weight is 552 g/mol. The number of nitriles is 1. The van der Waals surface area contributed by atoms with Crippen LogP contribution in [0, 0.1) is 23.2 Å². The monoisotopic (exact) mass is 551 g/mol. The number of unbranched alkanes of at least 4 members (excludes halogenated alkanes) is 1. The van der Waals surface area contributed by atoms with E-state index in [9.17, 15) is 15.2 Å². The van der Waals surface area contributed by atoms with Gasteiger partial charge in [0.05, 0.1) is 48.2 Å². The van der Waals surface area contributed by atoms with Crippen LogP contribution >= 0.6 is 11.6 Å². The molecule has 2 aromatic carbocycles. The molecule has 4 N–H and O–H groups in total. The SMILES string of the molecule is COc1ccc(C2=NN(CCCCNCC(O)c3cc(Cl)c(N)c(C#N)c3)C(=O)[C@@H]3CC=CC[C@H]23)cc1OC. The van der Waals surface area contributed by atoms with Crippen molar-refractivity contribution in [2.24, 2.45) is 16.9 Å². The second kappa shape index (κ2) is 13.0. The van der Waals surface area contributed by atoms with Gasteiger partial charge in [-0.25, -0.2) is 5.01 Å². The van der Waals surface area contributed by atoms with Gasteiger partial charge in [0.25, 0.3) is 0 Å². The summed E-state index contributed by atoms with van der Waals surface area (Å²) in [5.41, 5.74) is 8.59. The molecule has 206 valence electrons. The molecule has 2 aliphatic rings. The molecular formula is C29H34ClN5O4.